The molecule has 1 aromatic rings. The van der Waals surface area contributed by atoms with Crippen molar-refractivity contribution in [2.75, 3.05) is 6.61 Å². The second-order valence-corrected chi connectivity index (χ2v) is 4.53. The second-order valence-electron chi connectivity index (χ2n) is 4.53. The zero-order valence-electron chi connectivity index (χ0n) is 10.5. The van der Waals surface area contributed by atoms with Gasteiger partial charge in [-0.15, -0.1) is 0 Å². The van der Waals surface area contributed by atoms with Crippen molar-refractivity contribution in [2.45, 2.75) is 37.5 Å². The van der Waals surface area contributed by atoms with Gasteiger partial charge < -0.3 is 19.7 Å². The number of nitrogens with zero attached hydrogens (tertiary/aromatic N) is 1. The number of aromatic nitrogens is 1. The molecule has 0 radical (unpaired) electrons. The first-order valence-corrected chi connectivity index (χ1v) is 5.97. The van der Waals surface area contributed by atoms with Crippen molar-refractivity contribution >= 4 is 0 Å². The Labute approximate surface area is 113 Å². The number of ether oxygens (including phenoxy) is 2. The highest BCUT2D eigenvalue weighted by Gasteiger charge is 2.38. The van der Waals surface area contributed by atoms with Crippen LogP contribution in [0.2, 0.25) is 0 Å². The first-order valence-electron chi connectivity index (χ1n) is 5.97. The Morgan fingerprint density at radius 2 is 2.00 bits per heavy atom. The van der Waals surface area contributed by atoms with Crippen molar-refractivity contribution in [3.05, 3.63) is 23.9 Å². The molecule has 2 rings (SSSR count). The van der Waals surface area contributed by atoms with Gasteiger partial charge >= 0.3 is 6.18 Å². The zero-order chi connectivity index (χ0) is 14.9. The average Bonchev–Trinajstić information content (AvgIpc) is 2.39. The summed E-state index contributed by atoms with van der Waals surface area (Å²) in [5, 5.41) is 19.4. The molecule has 2 heterocycles. The van der Waals surface area contributed by atoms with E-state index in [1.807, 2.05) is 0 Å². The van der Waals surface area contributed by atoms with Gasteiger partial charge in [0.25, 0.3) is 0 Å². The molecule has 0 amide bonds. The molecule has 2 N–H and O–H groups in total. The highest BCUT2D eigenvalue weighted by molar-refractivity contribution is 5.18. The topological polar surface area (TPSA) is 71.8 Å². The number of hydrogen-bond donors (Lipinski definition) is 2. The van der Waals surface area contributed by atoms with Gasteiger partial charge in [-0.25, -0.2) is 4.98 Å². The summed E-state index contributed by atoms with van der Waals surface area (Å²) in [7, 11) is 0. The van der Waals surface area contributed by atoms with Gasteiger partial charge in [0, 0.05) is 6.07 Å². The van der Waals surface area contributed by atoms with E-state index in [4.69, 9.17) is 9.47 Å². The van der Waals surface area contributed by atoms with Crippen molar-refractivity contribution in [3.8, 4) is 5.88 Å². The van der Waals surface area contributed by atoms with E-state index in [9.17, 15) is 23.4 Å². The van der Waals surface area contributed by atoms with Crippen LogP contribution < -0.4 is 4.74 Å². The monoisotopic (exact) mass is 293 g/mol. The lowest BCUT2D eigenvalue weighted by molar-refractivity contribution is -0.175. The van der Waals surface area contributed by atoms with Gasteiger partial charge in [-0.3, -0.25) is 0 Å². The second kappa shape index (κ2) is 5.55. The Kier molecular flexibility index (Phi) is 4.17. The van der Waals surface area contributed by atoms with Crippen LogP contribution in [0.3, 0.4) is 0 Å². The molecular weight excluding hydrogens is 279 g/mol. The van der Waals surface area contributed by atoms with E-state index in [-0.39, 0.29) is 12.5 Å². The Bertz CT molecular complexity index is 468. The van der Waals surface area contributed by atoms with E-state index in [1.165, 1.54) is 6.07 Å². The summed E-state index contributed by atoms with van der Waals surface area (Å²) in [4.78, 5) is 3.32. The lowest BCUT2D eigenvalue weighted by Gasteiger charge is -2.35. The summed E-state index contributed by atoms with van der Waals surface area (Å²) in [5.41, 5.74) is -1.09. The third-order valence-electron chi connectivity index (χ3n) is 3.02. The molecule has 0 saturated carbocycles. The zero-order valence-corrected chi connectivity index (χ0v) is 10.5. The first-order chi connectivity index (χ1) is 9.29. The van der Waals surface area contributed by atoms with Gasteiger partial charge in [0.1, 0.15) is 17.9 Å². The molecule has 8 heteroatoms. The summed E-state index contributed by atoms with van der Waals surface area (Å²) in [6, 6.07) is 3.21. The number of aliphatic hydroxyl groups excluding tert-OH is 2. The van der Waals surface area contributed by atoms with Crippen molar-refractivity contribution in [2.24, 2.45) is 0 Å². The van der Waals surface area contributed by atoms with Crippen LogP contribution in [0, 0.1) is 0 Å². The lowest BCUT2D eigenvalue weighted by Crippen LogP contribution is -2.54. The number of halogens is 3. The van der Waals surface area contributed by atoms with Crippen molar-refractivity contribution < 1.29 is 32.9 Å². The Hall–Kier alpha value is -1.38. The highest BCUT2D eigenvalue weighted by atomic mass is 19.4. The average molecular weight is 293 g/mol. The largest absolute Gasteiger partial charge is 0.469 e. The molecule has 1 aromatic heterocycles. The quantitative estimate of drug-likeness (QED) is 0.851. The van der Waals surface area contributed by atoms with Crippen LogP contribution in [0.4, 0.5) is 13.2 Å². The molecule has 0 aromatic carbocycles. The number of alkyl halides is 3. The molecule has 0 aliphatic carbocycles. The minimum Gasteiger partial charge on any atom is -0.469 e. The Balaban J connectivity index is 2.10. The molecule has 1 saturated heterocycles. The summed E-state index contributed by atoms with van der Waals surface area (Å²) < 4.78 is 47.8. The van der Waals surface area contributed by atoms with Gasteiger partial charge in [0.15, 0.2) is 6.10 Å². The van der Waals surface area contributed by atoms with E-state index in [0.29, 0.717) is 0 Å². The van der Waals surface area contributed by atoms with E-state index in [0.717, 1.165) is 12.1 Å². The fourth-order valence-electron chi connectivity index (χ4n) is 1.84. The summed E-state index contributed by atoms with van der Waals surface area (Å²) in [6.45, 7) is 1.53. The smallest absolute Gasteiger partial charge is 0.433 e. The minimum absolute atomic E-state index is 0.0443. The van der Waals surface area contributed by atoms with E-state index in [2.05, 4.69) is 4.98 Å². The van der Waals surface area contributed by atoms with Gasteiger partial charge in [-0.2, -0.15) is 13.2 Å². The third-order valence-corrected chi connectivity index (χ3v) is 3.02. The number of hydrogen-bond acceptors (Lipinski definition) is 5. The van der Waals surface area contributed by atoms with E-state index >= 15 is 0 Å². The molecule has 1 aliphatic heterocycles. The van der Waals surface area contributed by atoms with Crippen LogP contribution >= 0.6 is 0 Å². The van der Waals surface area contributed by atoms with Crippen LogP contribution in [0.15, 0.2) is 18.2 Å². The molecule has 5 nitrogen and oxygen atoms in total. The molecule has 0 unspecified atom stereocenters. The molecule has 4 atom stereocenters. The van der Waals surface area contributed by atoms with Crippen molar-refractivity contribution in [1.82, 2.24) is 4.98 Å². The first kappa shape index (κ1) is 15.0. The van der Waals surface area contributed by atoms with Crippen molar-refractivity contribution in [1.29, 1.82) is 0 Å². The van der Waals surface area contributed by atoms with Gasteiger partial charge in [0.2, 0.25) is 5.88 Å². The SMILES string of the molecule is C[C@H]1OC[C@@H](Oc2cccc(C(F)(F)F)n2)[C@@H](O)[C@H]1O. The molecule has 1 fully saturated rings. The van der Waals surface area contributed by atoms with Crippen LogP contribution in [0.25, 0.3) is 0 Å². The molecular formula is C12H14F3NO4. The summed E-state index contributed by atoms with van der Waals surface area (Å²) >= 11 is 0. The van der Waals surface area contributed by atoms with Crippen LogP contribution in [0.5, 0.6) is 5.88 Å². The maximum absolute atomic E-state index is 12.5. The predicted molar refractivity (Wildman–Crippen MR) is 61.1 cm³/mol. The normalized spacial score (nSPS) is 31.1. The fraction of sp³-hybridized carbons (Fsp3) is 0.583. The van der Waals surface area contributed by atoms with Gasteiger partial charge in [-0.05, 0) is 13.0 Å². The Morgan fingerprint density at radius 1 is 1.30 bits per heavy atom. The summed E-state index contributed by atoms with van der Waals surface area (Å²) in [6.07, 6.45) is -8.54. The van der Waals surface area contributed by atoms with E-state index in [1.54, 1.807) is 6.92 Å². The van der Waals surface area contributed by atoms with Gasteiger partial charge in [0.05, 0.1) is 12.7 Å². The molecule has 112 valence electrons. The molecule has 20 heavy (non-hydrogen) atoms. The van der Waals surface area contributed by atoms with Crippen LogP contribution in [0.1, 0.15) is 12.6 Å². The molecule has 0 spiro atoms. The standard InChI is InChI=1S/C12H14F3NO4/c1-6-10(17)11(18)7(5-19-6)20-9-4-2-3-8(16-9)12(13,14)15/h2-4,6-7,10-11,17-18H,5H2,1H3/t6-,7-,10+,11-/m1/s1. The van der Waals surface area contributed by atoms with Crippen molar-refractivity contribution in [3.63, 3.8) is 0 Å². The predicted octanol–water partition coefficient (Wildman–Crippen LogP) is 0.988. The number of pyridine rings is 1. The molecule has 1 aliphatic rings. The fourth-order valence-corrected chi connectivity index (χ4v) is 1.84. The summed E-state index contributed by atoms with van der Waals surface area (Å²) in [5.74, 6) is -0.283. The number of rotatable bonds is 2. The maximum atomic E-state index is 12.5. The van der Waals surface area contributed by atoms with Gasteiger partial charge in [-0.1, -0.05) is 6.07 Å². The molecule has 0 bridgehead atoms. The maximum Gasteiger partial charge on any atom is 0.433 e. The van der Waals surface area contributed by atoms with E-state index < -0.39 is 36.3 Å². The van der Waals surface area contributed by atoms with Crippen LogP contribution in [-0.4, -0.2) is 46.2 Å². The minimum atomic E-state index is -4.57. The third kappa shape index (κ3) is 3.20. The van der Waals surface area contributed by atoms with Crippen LogP contribution in [-0.2, 0) is 10.9 Å². The number of aliphatic hydroxyl groups is 2. The lowest BCUT2D eigenvalue weighted by atomic mass is 10.0. The Morgan fingerprint density at radius 3 is 2.65 bits per heavy atom. The highest BCUT2D eigenvalue weighted by Crippen LogP contribution is 2.29.